The van der Waals surface area contributed by atoms with Crippen LogP contribution < -0.4 is 9.46 Å². The van der Waals surface area contributed by atoms with E-state index in [-0.39, 0.29) is 5.82 Å². The quantitative estimate of drug-likeness (QED) is 0.834. The highest BCUT2D eigenvalue weighted by molar-refractivity contribution is 7.89. The van der Waals surface area contributed by atoms with Crippen molar-refractivity contribution in [2.24, 2.45) is 0 Å². The minimum absolute atomic E-state index is 0.295. The smallest absolute Gasteiger partial charge is 0.225 e. The number of hydrogen-bond donors (Lipinski definition) is 1. The normalized spacial score (nSPS) is 12.4. The van der Waals surface area contributed by atoms with E-state index in [2.05, 4.69) is 4.72 Å². The zero-order valence-corrected chi connectivity index (χ0v) is 13.9. The van der Waals surface area contributed by atoms with Gasteiger partial charge in [-0.3, -0.25) is 0 Å². The predicted molar refractivity (Wildman–Crippen MR) is 88.1 cm³/mol. The SMILES string of the molecule is C[C@@H](NS(=O)(=O)CC#N)c1ccc(OCc2ccc(F)cc2)cc1. The van der Waals surface area contributed by atoms with Gasteiger partial charge in [-0.25, -0.2) is 17.5 Å². The zero-order valence-electron chi connectivity index (χ0n) is 13.1. The van der Waals surface area contributed by atoms with Crippen molar-refractivity contribution < 1.29 is 17.5 Å². The van der Waals surface area contributed by atoms with E-state index in [1.807, 2.05) is 0 Å². The fraction of sp³-hybridized carbons (Fsp3) is 0.235. The summed E-state index contributed by atoms with van der Waals surface area (Å²) < 4.78 is 44.0. The van der Waals surface area contributed by atoms with Gasteiger partial charge in [0.1, 0.15) is 18.2 Å². The van der Waals surface area contributed by atoms with Crippen molar-refractivity contribution >= 4 is 10.0 Å². The van der Waals surface area contributed by atoms with Gasteiger partial charge in [0.15, 0.2) is 5.75 Å². The van der Waals surface area contributed by atoms with Crippen LogP contribution in [0.3, 0.4) is 0 Å². The van der Waals surface area contributed by atoms with Crippen LogP contribution in [0, 0.1) is 17.1 Å². The first kappa shape index (κ1) is 17.9. The molecular weight excluding hydrogens is 331 g/mol. The fourth-order valence-corrected chi connectivity index (χ4v) is 2.99. The van der Waals surface area contributed by atoms with Crippen LogP contribution in [0.5, 0.6) is 5.75 Å². The third kappa shape index (κ3) is 5.33. The van der Waals surface area contributed by atoms with Gasteiger partial charge in [0.2, 0.25) is 10.0 Å². The van der Waals surface area contributed by atoms with Crippen molar-refractivity contribution in [3.63, 3.8) is 0 Å². The second kappa shape index (κ2) is 7.90. The Labute approximate surface area is 140 Å². The molecule has 2 aromatic carbocycles. The topological polar surface area (TPSA) is 79.2 Å². The summed E-state index contributed by atoms with van der Waals surface area (Å²) in [5.74, 6) is -0.248. The van der Waals surface area contributed by atoms with E-state index >= 15 is 0 Å². The molecule has 5 nitrogen and oxygen atoms in total. The van der Waals surface area contributed by atoms with Crippen LogP contribution in [-0.2, 0) is 16.6 Å². The third-order valence-corrected chi connectivity index (χ3v) is 4.53. The number of hydrogen-bond acceptors (Lipinski definition) is 4. The van der Waals surface area contributed by atoms with Gasteiger partial charge in [0.05, 0.1) is 6.07 Å². The Bertz CT molecular complexity index is 812. The van der Waals surface area contributed by atoms with Crippen LogP contribution in [0.4, 0.5) is 4.39 Å². The number of nitrogens with one attached hydrogen (secondary N) is 1. The van der Waals surface area contributed by atoms with E-state index in [4.69, 9.17) is 10.00 Å². The number of halogens is 1. The predicted octanol–water partition coefficient (Wildman–Crippen LogP) is 2.91. The summed E-state index contributed by atoms with van der Waals surface area (Å²) in [6.07, 6.45) is 0. The maximum atomic E-state index is 12.8. The van der Waals surface area contributed by atoms with Crippen LogP contribution >= 0.6 is 0 Å². The molecule has 24 heavy (non-hydrogen) atoms. The van der Waals surface area contributed by atoms with E-state index in [0.29, 0.717) is 12.4 Å². The minimum Gasteiger partial charge on any atom is -0.489 e. The fourth-order valence-electron chi connectivity index (χ4n) is 2.06. The van der Waals surface area contributed by atoms with Crippen molar-refractivity contribution in [1.82, 2.24) is 4.72 Å². The van der Waals surface area contributed by atoms with Crippen molar-refractivity contribution in [3.05, 3.63) is 65.5 Å². The average Bonchev–Trinajstić information content (AvgIpc) is 2.54. The van der Waals surface area contributed by atoms with Crippen LogP contribution in [0.25, 0.3) is 0 Å². The molecule has 0 aliphatic heterocycles. The van der Waals surface area contributed by atoms with E-state index in [9.17, 15) is 12.8 Å². The number of sulfonamides is 1. The lowest BCUT2D eigenvalue weighted by Crippen LogP contribution is -2.28. The van der Waals surface area contributed by atoms with Gasteiger partial charge in [-0.05, 0) is 42.3 Å². The highest BCUT2D eigenvalue weighted by Crippen LogP contribution is 2.19. The van der Waals surface area contributed by atoms with Gasteiger partial charge in [-0.15, -0.1) is 0 Å². The average molecular weight is 348 g/mol. The summed E-state index contributed by atoms with van der Waals surface area (Å²) >= 11 is 0. The molecule has 7 heteroatoms. The Morgan fingerprint density at radius 3 is 2.38 bits per heavy atom. The lowest BCUT2D eigenvalue weighted by atomic mass is 10.1. The van der Waals surface area contributed by atoms with Gasteiger partial charge in [0.25, 0.3) is 0 Å². The molecule has 2 rings (SSSR count). The van der Waals surface area contributed by atoms with Gasteiger partial charge in [0, 0.05) is 6.04 Å². The number of ether oxygens (including phenoxy) is 1. The molecular formula is C17H17FN2O3S. The Balaban J connectivity index is 1.95. The molecule has 0 radical (unpaired) electrons. The van der Waals surface area contributed by atoms with Crippen molar-refractivity contribution in [2.75, 3.05) is 5.75 Å². The van der Waals surface area contributed by atoms with Gasteiger partial charge < -0.3 is 4.74 Å². The van der Waals surface area contributed by atoms with E-state index in [1.54, 1.807) is 49.4 Å². The summed E-state index contributed by atoms with van der Waals surface area (Å²) in [7, 11) is -3.61. The Hall–Kier alpha value is -2.43. The number of benzene rings is 2. The third-order valence-electron chi connectivity index (χ3n) is 3.31. The monoisotopic (exact) mass is 348 g/mol. The molecule has 1 N–H and O–H groups in total. The standard InChI is InChI=1S/C17H17FN2O3S/c1-13(20-24(21,22)11-10-19)15-4-8-17(9-5-15)23-12-14-2-6-16(18)7-3-14/h2-9,13,20H,11-12H2,1H3/t13-/m1/s1. The molecule has 0 aliphatic carbocycles. The minimum atomic E-state index is -3.61. The number of nitrogens with zero attached hydrogens (tertiary/aromatic N) is 1. The summed E-state index contributed by atoms with van der Waals surface area (Å²) in [6, 6.07) is 14.2. The van der Waals surface area contributed by atoms with Crippen LogP contribution in [0.2, 0.25) is 0 Å². The first-order valence-electron chi connectivity index (χ1n) is 7.24. The van der Waals surface area contributed by atoms with Crippen molar-refractivity contribution in [1.29, 1.82) is 5.26 Å². The summed E-state index contributed by atoms with van der Waals surface area (Å²) in [5.41, 5.74) is 1.60. The molecule has 0 spiro atoms. The maximum absolute atomic E-state index is 12.8. The second-order valence-electron chi connectivity index (χ2n) is 5.24. The van der Waals surface area contributed by atoms with Gasteiger partial charge >= 0.3 is 0 Å². The maximum Gasteiger partial charge on any atom is 0.225 e. The molecule has 0 aromatic heterocycles. The van der Waals surface area contributed by atoms with E-state index in [0.717, 1.165) is 11.1 Å². The zero-order chi connectivity index (χ0) is 17.6. The first-order chi connectivity index (χ1) is 11.4. The highest BCUT2D eigenvalue weighted by Gasteiger charge is 2.15. The molecule has 126 valence electrons. The molecule has 0 heterocycles. The molecule has 0 saturated carbocycles. The number of rotatable bonds is 7. The van der Waals surface area contributed by atoms with Gasteiger partial charge in [-0.1, -0.05) is 24.3 Å². The molecule has 0 aliphatic rings. The molecule has 0 amide bonds. The van der Waals surface area contributed by atoms with Crippen LogP contribution in [0.1, 0.15) is 24.1 Å². The lowest BCUT2D eigenvalue weighted by molar-refractivity contribution is 0.306. The molecule has 0 bridgehead atoms. The lowest BCUT2D eigenvalue weighted by Gasteiger charge is -2.14. The summed E-state index contributed by atoms with van der Waals surface area (Å²) in [5, 5.41) is 8.48. The molecule has 0 fully saturated rings. The van der Waals surface area contributed by atoms with Crippen LogP contribution in [-0.4, -0.2) is 14.2 Å². The second-order valence-corrected chi connectivity index (χ2v) is 6.99. The Kier molecular flexibility index (Phi) is 5.90. The molecule has 0 unspecified atom stereocenters. The van der Waals surface area contributed by atoms with Crippen molar-refractivity contribution in [2.45, 2.75) is 19.6 Å². The summed E-state index contributed by atoms with van der Waals surface area (Å²) in [4.78, 5) is 0. The Morgan fingerprint density at radius 2 is 1.79 bits per heavy atom. The van der Waals surface area contributed by atoms with E-state index in [1.165, 1.54) is 12.1 Å². The largest absolute Gasteiger partial charge is 0.489 e. The van der Waals surface area contributed by atoms with Crippen molar-refractivity contribution in [3.8, 4) is 11.8 Å². The number of nitriles is 1. The van der Waals surface area contributed by atoms with Gasteiger partial charge in [-0.2, -0.15) is 5.26 Å². The van der Waals surface area contributed by atoms with E-state index < -0.39 is 21.8 Å². The highest BCUT2D eigenvalue weighted by atomic mass is 32.2. The first-order valence-corrected chi connectivity index (χ1v) is 8.89. The van der Waals surface area contributed by atoms with Crippen LogP contribution in [0.15, 0.2) is 48.5 Å². The summed E-state index contributed by atoms with van der Waals surface area (Å²) in [6.45, 7) is 2.01. The Morgan fingerprint density at radius 1 is 1.17 bits per heavy atom. The molecule has 2 aromatic rings. The molecule has 0 saturated heterocycles. The molecule has 1 atom stereocenters.